The van der Waals surface area contributed by atoms with E-state index < -0.39 is 0 Å². The van der Waals surface area contributed by atoms with Gasteiger partial charge in [0.1, 0.15) is 0 Å². The first-order valence-electron chi connectivity index (χ1n) is 4.76. The molecule has 15 heavy (non-hydrogen) atoms. The Morgan fingerprint density at radius 2 is 2.00 bits per heavy atom. The Kier molecular flexibility index (Phi) is 5.18. The van der Waals surface area contributed by atoms with Crippen LogP contribution in [-0.2, 0) is 0 Å². The molecule has 0 saturated heterocycles. The molecule has 0 atom stereocenters. The summed E-state index contributed by atoms with van der Waals surface area (Å²) in [5.74, 6) is 0. The topological polar surface area (TPSA) is 3.24 Å². The number of hydrogen-bond donors (Lipinski definition) is 0. The molecule has 2 heteroatoms. The Morgan fingerprint density at radius 1 is 1.33 bits per heavy atom. The largest absolute Gasteiger partial charge is 0.283 e. The molecule has 0 aliphatic rings. The zero-order valence-electron chi connectivity index (χ0n) is 8.73. The molecule has 0 N–H and O–H groups in total. The van der Waals surface area contributed by atoms with Gasteiger partial charge in [0.05, 0.1) is 28.6 Å². The van der Waals surface area contributed by atoms with E-state index in [0.29, 0.717) is 0 Å². The van der Waals surface area contributed by atoms with Gasteiger partial charge in [0.15, 0.2) is 0 Å². The third-order valence-corrected chi connectivity index (χ3v) is 3.02. The standard InChI is InChI=1S/C13H14IN/c1-3-5-9-12(4-2)15(14)13-10-7-6-8-11-13/h3-11H,1H2,2H3/b9-5-,12-4+. The van der Waals surface area contributed by atoms with Gasteiger partial charge in [-0.3, -0.25) is 3.11 Å². The van der Waals surface area contributed by atoms with E-state index in [-0.39, 0.29) is 0 Å². The van der Waals surface area contributed by atoms with Crippen LogP contribution in [0, 0.1) is 0 Å². The second-order valence-electron chi connectivity index (χ2n) is 2.92. The van der Waals surface area contributed by atoms with Crippen molar-refractivity contribution < 1.29 is 0 Å². The van der Waals surface area contributed by atoms with Crippen molar-refractivity contribution in [1.82, 2.24) is 0 Å². The Morgan fingerprint density at radius 3 is 2.53 bits per heavy atom. The van der Waals surface area contributed by atoms with Crippen LogP contribution in [0.4, 0.5) is 5.69 Å². The summed E-state index contributed by atoms with van der Waals surface area (Å²) in [6.07, 6.45) is 7.81. The van der Waals surface area contributed by atoms with Gasteiger partial charge >= 0.3 is 0 Å². The monoisotopic (exact) mass is 311 g/mol. The Hall–Kier alpha value is -1.03. The van der Waals surface area contributed by atoms with E-state index in [1.54, 1.807) is 6.08 Å². The molecule has 0 amide bonds. The van der Waals surface area contributed by atoms with Gasteiger partial charge in [-0.05, 0) is 25.1 Å². The van der Waals surface area contributed by atoms with Gasteiger partial charge in [0, 0.05) is 5.70 Å². The Bertz CT molecular complexity index is 365. The second-order valence-corrected chi connectivity index (χ2v) is 3.89. The maximum Gasteiger partial charge on any atom is 0.0646 e. The van der Waals surface area contributed by atoms with Crippen LogP contribution in [-0.4, -0.2) is 0 Å². The molecule has 0 fully saturated rings. The lowest BCUT2D eigenvalue weighted by molar-refractivity contribution is 1.36. The van der Waals surface area contributed by atoms with E-state index in [2.05, 4.69) is 50.8 Å². The molecule has 0 saturated carbocycles. The van der Waals surface area contributed by atoms with E-state index in [1.807, 2.05) is 37.3 Å². The summed E-state index contributed by atoms with van der Waals surface area (Å²) < 4.78 is 2.11. The highest BCUT2D eigenvalue weighted by atomic mass is 127. The van der Waals surface area contributed by atoms with E-state index >= 15 is 0 Å². The first-order valence-corrected chi connectivity index (χ1v) is 5.72. The average Bonchev–Trinajstić information content (AvgIpc) is 2.31. The fraction of sp³-hybridized carbons (Fsp3) is 0.0769. The van der Waals surface area contributed by atoms with Crippen molar-refractivity contribution in [2.45, 2.75) is 6.92 Å². The highest BCUT2D eigenvalue weighted by Crippen LogP contribution is 2.23. The van der Waals surface area contributed by atoms with E-state index in [9.17, 15) is 0 Å². The van der Waals surface area contributed by atoms with Crippen LogP contribution in [0.15, 0.2) is 66.9 Å². The van der Waals surface area contributed by atoms with Crippen LogP contribution >= 0.6 is 22.9 Å². The summed E-state index contributed by atoms with van der Waals surface area (Å²) in [5, 5.41) is 0. The molecule has 0 unspecified atom stereocenters. The molecule has 1 nitrogen and oxygen atoms in total. The van der Waals surface area contributed by atoms with Gasteiger partial charge in [-0.2, -0.15) is 0 Å². The number of rotatable bonds is 4. The van der Waals surface area contributed by atoms with Crippen LogP contribution < -0.4 is 3.11 Å². The number of benzene rings is 1. The Balaban J connectivity index is 2.88. The first-order chi connectivity index (χ1) is 7.29. The molecule has 0 aliphatic carbocycles. The highest BCUT2D eigenvalue weighted by molar-refractivity contribution is 14.1. The summed E-state index contributed by atoms with van der Waals surface area (Å²) >= 11 is 2.29. The molecule has 0 spiro atoms. The van der Waals surface area contributed by atoms with Crippen LogP contribution in [0.25, 0.3) is 0 Å². The minimum Gasteiger partial charge on any atom is -0.283 e. The molecule has 0 radical (unpaired) electrons. The number of allylic oxidation sites excluding steroid dienone is 4. The van der Waals surface area contributed by atoms with Crippen molar-refractivity contribution in [1.29, 1.82) is 0 Å². The maximum absolute atomic E-state index is 3.66. The van der Waals surface area contributed by atoms with Gasteiger partial charge in [-0.1, -0.05) is 43.0 Å². The molecule has 0 heterocycles. The lowest BCUT2D eigenvalue weighted by Gasteiger charge is -2.17. The quantitative estimate of drug-likeness (QED) is 0.450. The summed E-state index contributed by atoms with van der Waals surface area (Å²) in [5.41, 5.74) is 2.31. The minimum absolute atomic E-state index is 1.14. The molecule has 0 aliphatic heterocycles. The lowest BCUT2D eigenvalue weighted by Crippen LogP contribution is -2.06. The minimum atomic E-state index is 1.14. The number of hydrogen-bond acceptors (Lipinski definition) is 1. The summed E-state index contributed by atoms with van der Waals surface area (Å²) in [7, 11) is 0. The predicted molar refractivity (Wildman–Crippen MR) is 76.0 cm³/mol. The van der Waals surface area contributed by atoms with Crippen LogP contribution in [0.3, 0.4) is 0 Å². The third-order valence-electron chi connectivity index (χ3n) is 1.91. The van der Waals surface area contributed by atoms with Gasteiger partial charge in [0.2, 0.25) is 0 Å². The number of halogens is 1. The number of para-hydroxylation sites is 1. The van der Waals surface area contributed by atoms with Crippen molar-refractivity contribution in [3.63, 3.8) is 0 Å². The normalized spacial score (nSPS) is 11.7. The molecule has 1 aromatic carbocycles. The first kappa shape index (κ1) is 12.0. The van der Waals surface area contributed by atoms with E-state index in [0.717, 1.165) is 5.70 Å². The van der Waals surface area contributed by atoms with Gasteiger partial charge < -0.3 is 0 Å². The van der Waals surface area contributed by atoms with Crippen LogP contribution in [0.1, 0.15) is 6.92 Å². The zero-order chi connectivity index (χ0) is 11.1. The molecular formula is C13H14IN. The van der Waals surface area contributed by atoms with Crippen molar-refractivity contribution in [3.8, 4) is 0 Å². The molecule has 78 valence electrons. The summed E-state index contributed by atoms with van der Waals surface area (Å²) in [4.78, 5) is 0. The SMILES string of the molecule is C=C/C=C\C(=C/C)N(I)c1ccccc1. The second kappa shape index (κ2) is 6.45. The fourth-order valence-electron chi connectivity index (χ4n) is 1.15. The lowest BCUT2D eigenvalue weighted by atomic mass is 10.3. The third kappa shape index (κ3) is 3.55. The van der Waals surface area contributed by atoms with Crippen molar-refractivity contribution in [3.05, 3.63) is 66.9 Å². The zero-order valence-corrected chi connectivity index (χ0v) is 10.9. The average molecular weight is 311 g/mol. The van der Waals surface area contributed by atoms with Gasteiger partial charge in [0.25, 0.3) is 0 Å². The molecule has 1 rings (SSSR count). The van der Waals surface area contributed by atoms with Crippen molar-refractivity contribution in [2.75, 3.05) is 3.11 Å². The predicted octanol–water partition coefficient (Wildman–Crippen LogP) is 4.49. The number of nitrogens with zero attached hydrogens (tertiary/aromatic N) is 1. The smallest absolute Gasteiger partial charge is 0.0646 e. The highest BCUT2D eigenvalue weighted by Gasteiger charge is 2.03. The van der Waals surface area contributed by atoms with Gasteiger partial charge in [-0.25, -0.2) is 0 Å². The number of anilines is 1. The molecule has 1 aromatic rings. The molecule has 0 bridgehead atoms. The van der Waals surface area contributed by atoms with Crippen LogP contribution in [0.2, 0.25) is 0 Å². The molecular weight excluding hydrogens is 297 g/mol. The summed E-state index contributed by atoms with van der Waals surface area (Å²) in [6, 6.07) is 10.2. The van der Waals surface area contributed by atoms with Gasteiger partial charge in [-0.15, -0.1) is 0 Å². The fourth-order valence-corrected chi connectivity index (χ4v) is 1.91. The van der Waals surface area contributed by atoms with E-state index in [1.165, 1.54) is 5.69 Å². The van der Waals surface area contributed by atoms with Crippen molar-refractivity contribution in [2.24, 2.45) is 0 Å². The molecule has 0 aromatic heterocycles. The maximum atomic E-state index is 3.66. The van der Waals surface area contributed by atoms with Crippen LogP contribution in [0.5, 0.6) is 0 Å². The summed E-state index contributed by atoms with van der Waals surface area (Å²) in [6.45, 7) is 5.69. The Labute approximate surface area is 105 Å². The van der Waals surface area contributed by atoms with E-state index in [4.69, 9.17) is 0 Å². The van der Waals surface area contributed by atoms with Crippen molar-refractivity contribution >= 4 is 28.6 Å².